The van der Waals surface area contributed by atoms with Gasteiger partial charge in [0.15, 0.2) is 0 Å². The molecule has 0 aliphatic rings. The molecule has 2 aromatic carbocycles. The number of methoxy groups -OCH3 is 1. The first-order valence-electron chi connectivity index (χ1n) is 9.73. The van der Waals surface area contributed by atoms with Crippen molar-refractivity contribution in [2.45, 2.75) is 20.0 Å². The summed E-state index contributed by atoms with van der Waals surface area (Å²) in [5, 5.41) is 7.45. The van der Waals surface area contributed by atoms with Crippen LogP contribution in [-0.4, -0.2) is 25.0 Å². The number of nitrogens with one attached hydrogen (secondary N) is 2. The average Bonchev–Trinajstić information content (AvgIpc) is 3.26. The van der Waals surface area contributed by atoms with E-state index in [0.29, 0.717) is 22.7 Å². The third-order valence-corrected chi connectivity index (χ3v) is 4.96. The molecule has 0 saturated carbocycles. The van der Waals surface area contributed by atoms with E-state index in [4.69, 9.17) is 9.47 Å². The Morgan fingerprint density at radius 2 is 1.77 bits per heavy atom. The molecular formula is C24H24N2O4S. The van der Waals surface area contributed by atoms with Crippen molar-refractivity contribution in [1.29, 1.82) is 0 Å². The first-order valence-corrected chi connectivity index (χ1v) is 10.6. The number of carbonyl (C=O) groups is 2. The molecule has 160 valence electrons. The molecule has 0 fully saturated rings. The summed E-state index contributed by atoms with van der Waals surface area (Å²) < 4.78 is 10.8. The molecular weight excluding hydrogens is 412 g/mol. The normalized spacial score (nSPS) is 11.2. The van der Waals surface area contributed by atoms with Crippen LogP contribution in [0.1, 0.15) is 29.1 Å². The van der Waals surface area contributed by atoms with E-state index in [0.717, 1.165) is 4.88 Å². The molecule has 7 heteroatoms. The van der Waals surface area contributed by atoms with E-state index < -0.39 is 11.8 Å². The van der Waals surface area contributed by atoms with Crippen LogP contribution in [0.15, 0.2) is 71.7 Å². The third kappa shape index (κ3) is 6.45. The number of carbonyl (C=O) groups excluding carboxylic acids is 2. The van der Waals surface area contributed by atoms with Crippen LogP contribution in [0.2, 0.25) is 0 Å². The highest BCUT2D eigenvalue weighted by Crippen LogP contribution is 2.20. The van der Waals surface area contributed by atoms with Crippen LogP contribution < -0.4 is 20.1 Å². The number of ether oxygens (including phenoxy) is 2. The van der Waals surface area contributed by atoms with Crippen molar-refractivity contribution in [3.8, 4) is 11.5 Å². The van der Waals surface area contributed by atoms with Crippen molar-refractivity contribution < 1.29 is 19.1 Å². The Morgan fingerprint density at radius 1 is 1.00 bits per heavy atom. The Kier molecular flexibility index (Phi) is 7.45. The summed E-state index contributed by atoms with van der Waals surface area (Å²) in [4.78, 5) is 26.6. The zero-order chi connectivity index (χ0) is 22.2. The van der Waals surface area contributed by atoms with Crippen LogP contribution in [0.25, 0.3) is 6.08 Å². The van der Waals surface area contributed by atoms with Crippen molar-refractivity contribution in [1.82, 2.24) is 5.32 Å². The molecule has 0 saturated heterocycles. The maximum Gasteiger partial charge on any atom is 0.272 e. The number of benzene rings is 2. The molecule has 0 bridgehead atoms. The number of hydrogen-bond donors (Lipinski definition) is 2. The van der Waals surface area contributed by atoms with Gasteiger partial charge in [0.1, 0.15) is 17.2 Å². The summed E-state index contributed by atoms with van der Waals surface area (Å²) in [7, 11) is 1.56. The Hall–Kier alpha value is -3.58. The Bertz CT molecular complexity index is 1060. The van der Waals surface area contributed by atoms with Gasteiger partial charge >= 0.3 is 0 Å². The minimum Gasteiger partial charge on any atom is -0.497 e. The summed E-state index contributed by atoms with van der Waals surface area (Å²) in [5.41, 5.74) is 1.12. The Labute approximate surface area is 185 Å². The molecule has 0 spiro atoms. The quantitative estimate of drug-likeness (QED) is 0.490. The molecule has 3 aromatic rings. The predicted octanol–water partition coefficient (Wildman–Crippen LogP) is 4.95. The SMILES string of the molecule is COc1ccc(C(=O)N/C(=C\c2cccs2)C(=O)Nc2cccc(OC(C)C)c2)cc1. The minimum atomic E-state index is -0.433. The summed E-state index contributed by atoms with van der Waals surface area (Å²) in [6.45, 7) is 3.86. The van der Waals surface area contributed by atoms with E-state index in [1.807, 2.05) is 37.4 Å². The number of amides is 2. The molecule has 1 aromatic heterocycles. The maximum atomic E-state index is 13.0. The van der Waals surface area contributed by atoms with Crippen molar-refractivity contribution in [2.75, 3.05) is 12.4 Å². The van der Waals surface area contributed by atoms with Crippen molar-refractivity contribution in [3.63, 3.8) is 0 Å². The van der Waals surface area contributed by atoms with Crippen LogP contribution in [0, 0.1) is 0 Å². The number of thiophene rings is 1. The van der Waals surface area contributed by atoms with Gasteiger partial charge in [-0.2, -0.15) is 0 Å². The highest BCUT2D eigenvalue weighted by atomic mass is 32.1. The van der Waals surface area contributed by atoms with Gasteiger partial charge in [-0.1, -0.05) is 12.1 Å². The van der Waals surface area contributed by atoms with Gasteiger partial charge in [-0.15, -0.1) is 11.3 Å². The molecule has 6 nitrogen and oxygen atoms in total. The summed E-state index contributed by atoms with van der Waals surface area (Å²) in [6.07, 6.45) is 1.67. The van der Waals surface area contributed by atoms with Gasteiger partial charge in [0.2, 0.25) is 0 Å². The van der Waals surface area contributed by atoms with Gasteiger partial charge in [-0.25, -0.2) is 0 Å². The fraction of sp³-hybridized carbons (Fsp3) is 0.167. The van der Waals surface area contributed by atoms with Gasteiger partial charge in [-0.05, 0) is 67.8 Å². The lowest BCUT2D eigenvalue weighted by molar-refractivity contribution is -0.113. The number of hydrogen-bond acceptors (Lipinski definition) is 5. The maximum absolute atomic E-state index is 13.0. The average molecular weight is 437 g/mol. The Morgan fingerprint density at radius 3 is 2.42 bits per heavy atom. The van der Waals surface area contributed by atoms with Crippen molar-refractivity contribution >= 4 is 34.9 Å². The summed E-state index contributed by atoms with van der Waals surface area (Å²) in [5.74, 6) is 0.473. The van der Waals surface area contributed by atoms with Crippen molar-refractivity contribution in [2.24, 2.45) is 0 Å². The van der Waals surface area contributed by atoms with Crippen LogP contribution in [0.5, 0.6) is 11.5 Å². The third-order valence-electron chi connectivity index (χ3n) is 4.14. The summed E-state index contributed by atoms with van der Waals surface area (Å²) >= 11 is 1.47. The molecule has 0 unspecified atom stereocenters. The number of anilines is 1. The second kappa shape index (κ2) is 10.4. The van der Waals surface area contributed by atoms with E-state index in [2.05, 4.69) is 10.6 Å². The fourth-order valence-electron chi connectivity index (χ4n) is 2.73. The van der Waals surface area contributed by atoms with Crippen LogP contribution in [0.3, 0.4) is 0 Å². The first kappa shape index (κ1) is 22.1. The molecule has 2 N–H and O–H groups in total. The number of rotatable bonds is 8. The minimum absolute atomic E-state index is 0.0176. The van der Waals surface area contributed by atoms with E-state index in [9.17, 15) is 9.59 Å². The van der Waals surface area contributed by atoms with E-state index in [-0.39, 0.29) is 11.8 Å². The molecule has 2 amide bonds. The monoisotopic (exact) mass is 436 g/mol. The zero-order valence-corrected chi connectivity index (χ0v) is 18.4. The molecule has 1 heterocycles. The lowest BCUT2D eigenvalue weighted by Gasteiger charge is -2.13. The fourth-order valence-corrected chi connectivity index (χ4v) is 3.39. The lowest BCUT2D eigenvalue weighted by atomic mass is 10.2. The molecule has 31 heavy (non-hydrogen) atoms. The van der Waals surface area contributed by atoms with E-state index >= 15 is 0 Å². The van der Waals surface area contributed by atoms with Gasteiger partial charge in [0, 0.05) is 22.2 Å². The first-order chi connectivity index (χ1) is 14.9. The van der Waals surface area contributed by atoms with Gasteiger partial charge in [0.25, 0.3) is 11.8 Å². The van der Waals surface area contributed by atoms with Gasteiger partial charge in [-0.3, -0.25) is 9.59 Å². The molecule has 3 rings (SSSR count). The van der Waals surface area contributed by atoms with Gasteiger partial charge in [0.05, 0.1) is 13.2 Å². The van der Waals surface area contributed by atoms with Gasteiger partial charge < -0.3 is 20.1 Å². The standard InChI is InChI=1S/C24H24N2O4S/c1-16(2)30-20-7-4-6-18(14-20)25-24(28)22(15-21-8-5-13-31-21)26-23(27)17-9-11-19(29-3)12-10-17/h4-16H,1-3H3,(H,25,28)(H,26,27)/b22-15-. The van der Waals surface area contributed by atoms with Crippen LogP contribution >= 0.6 is 11.3 Å². The predicted molar refractivity (Wildman–Crippen MR) is 124 cm³/mol. The second-order valence-corrected chi connectivity index (χ2v) is 7.88. The second-order valence-electron chi connectivity index (χ2n) is 6.90. The van der Waals surface area contributed by atoms with Crippen LogP contribution in [0.4, 0.5) is 5.69 Å². The highest BCUT2D eigenvalue weighted by Gasteiger charge is 2.16. The van der Waals surface area contributed by atoms with Crippen LogP contribution in [-0.2, 0) is 4.79 Å². The topological polar surface area (TPSA) is 76.7 Å². The smallest absolute Gasteiger partial charge is 0.272 e. The van der Waals surface area contributed by atoms with Crippen molar-refractivity contribution in [3.05, 3.63) is 82.2 Å². The molecule has 0 aliphatic carbocycles. The lowest BCUT2D eigenvalue weighted by Crippen LogP contribution is -2.30. The molecule has 0 radical (unpaired) electrons. The molecule has 0 aliphatic heterocycles. The Balaban J connectivity index is 1.80. The zero-order valence-electron chi connectivity index (χ0n) is 17.5. The highest BCUT2D eigenvalue weighted by molar-refractivity contribution is 7.10. The van der Waals surface area contributed by atoms with E-state index in [1.54, 1.807) is 55.7 Å². The summed E-state index contributed by atoms with van der Waals surface area (Å²) in [6, 6.07) is 17.5. The van der Waals surface area contributed by atoms with E-state index in [1.165, 1.54) is 11.3 Å². The molecule has 0 atom stereocenters. The largest absolute Gasteiger partial charge is 0.497 e.